The molecule has 0 bridgehead atoms. The summed E-state index contributed by atoms with van der Waals surface area (Å²) >= 11 is 0. The molecule has 1 aliphatic heterocycles. The average Bonchev–Trinajstić information content (AvgIpc) is 2.90. The van der Waals surface area contributed by atoms with E-state index in [9.17, 15) is 4.79 Å². The number of ether oxygens (including phenoxy) is 1. The second-order valence-corrected chi connectivity index (χ2v) is 7.60. The molecule has 1 saturated heterocycles. The normalized spacial score (nSPS) is 18.3. The van der Waals surface area contributed by atoms with E-state index in [1.807, 2.05) is 38.1 Å². The van der Waals surface area contributed by atoms with E-state index in [2.05, 4.69) is 23.3 Å². The topological polar surface area (TPSA) is 57.4 Å². The highest BCUT2D eigenvalue weighted by molar-refractivity contribution is 5.68. The Morgan fingerprint density at radius 3 is 2.64 bits per heavy atom. The molecule has 1 aliphatic rings. The van der Waals surface area contributed by atoms with E-state index >= 15 is 0 Å². The Hall–Kier alpha value is -1.49. The minimum Gasteiger partial charge on any atom is -0.444 e. The van der Waals surface area contributed by atoms with E-state index < -0.39 is 5.60 Å². The van der Waals surface area contributed by atoms with Crippen molar-refractivity contribution >= 4 is 6.09 Å². The quantitative estimate of drug-likeness (QED) is 0.898. The molecule has 1 amide bonds. The van der Waals surface area contributed by atoms with Gasteiger partial charge in [0, 0.05) is 38.6 Å². The molecule has 1 fully saturated rings. The Morgan fingerprint density at radius 2 is 2.09 bits per heavy atom. The summed E-state index contributed by atoms with van der Waals surface area (Å²) in [6.07, 6.45) is 5.78. The third kappa shape index (κ3) is 5.05. The summed E-state index contributed by atoms with van der Waals surface area (Å²) in [6, 6.07) is 2.08. The first-order chi connectivity index (χ1) is 10.3. The van der Waals surface area contributed by atoms with Crippen molar-refractivity contribution in [2.45, 2.75) is 52.7 Å². The van der Waals surface area contributed by atoms with Gasteiger partial charge in [-0.2, -0.15) is 0 Å². The van der Waals surface area contributed by atoms with Crippen LogP contribution in [0, 0.1) is 5.41 Å². The van der Waals surface area contributed by atoms with Crippen LogP contribution in [0.4, 0.5) is 4.79 Å². The first-order valence-electron chi connectivity index (χ1n) is 8.08. The molecule has 2 heterocycles. The Bertz CT molecular complexity index is 469. The smallest absolute Gasteiger partial charge is 0.410 e. The molecule has 5 nitrogen and oxygen atoms in total. The van der Waals surface area contributed by atoms with Crippen molar-refractivity contribution in [1.29, 1.82) is 0 Å². The number of amides is 1. The van der Waals surface area contributed by atoms with E-state index in [0.29, 0.717) is 0 Å². The van der Waals surface area contributed by atoms with Crippen LogP contribution in [0.2, 0.25) is 0 Å². The average molecular weight is 307 g/mol. The van der Waals surface area contributed by atoms with Gasteiger partial charge in [0.25, 0.3) is 0 Å². The number of hydrogen-bond donors (Lipinski definition) is 2. The lowest BCUT2D eigenvalue weighted by molar-refractivity contribution is 0.0119. The van der Waals surface area contributed by atoms with Crippen molar-refractivity contribution in [3.8, 4) is 0 Å². The van der Waals surface area contributed by atoms with Crippen LogP contribution in [0.15, 0.2) is 18.5 Å². The largest absolute Gasteiger partial charge is 0.444 e. The molecule has 5 heteroatoms. The standard InChI is InChI=1S/C17H29N3O2/c1-16(2,3)22-15(21)20-9-6-17(4,7-10-20)13-19-12-14-5-8-18-11-14/h5,8,11,18-19H,6-7,9-10,12-13H2,1-4H3. The number of carbonyl (C=O) groups is 1. The van der Waals surface area contributed by atoms with Gasteiger partial charge in [-0.25, -0.2) is 4.79 Å². The molecular weight excluding hydrogens is 278 g/mol. The highest BCUT2D eigenvalue weighted by atomic mass is 16.6. The number of carbonyl (C=O) groups excluding carboxylic acids is 1. The van der Waals surface area contributed by atoms with Crippen LogP contribution < -0.4 is 5.32 Å². The van der Waals surface area contributed by atoms with Crippen LogP contribution in [-0.4, -0.2) is 41.2 Å². The molecule has 0 spiro atoms. The summed E-state index contributed by atoms with van der Waals surface area (Å²) in [7, 11) is 0. The Labute approximate surface area is 133 Å². The summed E-state index contributed by atoms with van der Waals surface area (Å²) in [6.45, 7) is 11.4. The lowest BCUT2D eigenvalue weighted by Crippen LogP contribution is -2.47. The van der Waals surface area contributed by atoms with Crippen LogP contribution in [0.25, 0.3) is 0 Å². The third-order valence-electron chi connectivity index (χ3n) is 4.17. The molecule has 0 saturated carbocycles. The lowest BCUT2D eigenvalue weighted by atomic mass is 9.80. The highest BCUT2D eigenvalue weighted by Crippen LogP contribution is 2.30. The number of piperidine rings is 1. The van der Waals surface area contributed by atoms with Gasteiger partial charge in [0.15, 0.2) is 0 Å². The fourth-order valence-electron chi connectivity index (χ4n) is 2.71. The van der Waals surface area contributed by atoms with E-state index in [1.54, 1.807) is 0 Å². The van der Waals surface area contributed by atoms with Crippen molar-refractivity contribution in [2.75, 3.05) is 19.6 Å². The number of hydrogen-bond acceptors (Lipinski definition) is 3. The number of rotatable bonds is 4. The van der Waals surface area contributed by atoms with E-state index in [-0.39, 0.29) is 11.5 Å². The number of aromatic amines is 1. The maximum atomic E-state index is 12.1. The van der Waals surface area contributed by atoms with Gasteiger partial charge in [-0.1, -0.05) is 6.92 Å². The fourth-order valence-corrected chi connectivity index (χ4v) is 2.71. The summed E-state index contributed by atoms with van der Waals surface area (Å²) in [5.41, 5.74) is 1.10. The van der Waals surface area contributed by atoms with E-state index in [1.165, 1.54) is 5.56 Å². The van der Waals surface area contributed by atoms with Crippen molar-refractivity contribution in [3.05, 3.63) is 24.0 Å². The monoisotopic (exact) mass is 307 g/mol. The molecule has 2 rings (SSSR count). The molecule has 0 radical (unpaired) electrons. The lowest BCUT2D eigenvalue weighted by Gasteiger charge is -2.39. The molecule has 2 N–H and O–H groups in total. The predicted octanol–water partition coefficient (Wildman–Crippen LogP) is 3.14. The number of H-pyrrole nitrogens is 1. The Kier molecular flexibility index (Phi) is 5.16. The molecule has 22 heavy (non-hydrogen) atoms. The minimum absolute atomic E-state index is 0.185. The van der Waals surface area contributed by atoms with Crippen LogP contribution in [0.5, 0.6) is 0 Å². The minimum atomic E-state index is -0.421. The van der Waals surface area contributed by atoms with Gasteiger partial charge < -0.3 is 19.9 Å². The molecular formula is C17H29N3O2. The summed E-state index contributed by atoms with van der Waals surface area (Å²) in [4.78, 5) is 17.0. The first kappa shape index (κ1) is 16.9. The van der Waals surface area contributed by atoms with E-state index in [0.717, 1.165) is 39.0 Å². The summed E-state index contributed by atoms with van der Waals surface area (Å²) in [5.74, 6) is 0. The zero-order chi connectivity index (χ0) is 16.2. The van der Waals surface area contributed by atoms with Crippen molar-refractivity contribution in [1.82, 2.24) is 15.2 Å². The van der Waals surface area contributed by atoms with Gasteiger partial charge in [-0.15, -0.1) is 0 Å². The maximum Gasteiger partial charge on any atom is 0.410 e. The predicted molar refractivity (Wildman–Crippen MR) is 87.6 cm³/mol. The zero-order valence-corrected chi connectivity index (χ0v) is 14.2. The van der Waals surface area contributed by atoms with Crippen LogP contribution in [-0.2, 0) is 11.3 Å². The fraction of sp³-hybridized carbons (Fsp3) is 0.706. The molecule has 0 aliphatic carbocycles. The van der Waals surface area contributed by atoms with Gasteiger partial charge in [0.2, 0.25) is 0 Å². The van der Waals surface area contributed by atoms with Crippen LogP contribution in [0.3, 0.4) is 0 Å². The third-order valence-corrected chi connectivity index (χ3v) is 4.17. The molecule has 0 unspecified atom stereocenters. The zero-order valence-electron chi connectivity index (χ0n) is 14.2. The molecule has 0 aromatic carbocycles. The molecule has 0 atom stereocenters. The number of nitrogens with zero attached hydrogens (tertiary/aromatic N) is 1. The van der Waals surface area contributed by atoms with Crippen LogP contribution in [0.1, 0.15) is 46.1 Å². The Balaban J connectivity index is 1.74. The van der Waals surface area contributed by atoms with Gasteiger partial charge in [0.1, 0.15) is 5.60 Å². The summed E-state index contributed by atoms with van der Waals surface area (Å²) < 4.78 is 5.44. The molecule has 1 aromatic heterocycles. The first-order valence-corrected chi connectivity index (χ1v) is 8.08. The Morgan fingerprint density at radius 1 is 1.41 bits per heavy atom. The van der Waals surface area contributed by atoms with Gasteiger partial charge in [-0.05, 0) is 50.7 Å². The van der Waals surface area contributed by atoms with Gasteiger partial charge >= 0.3 is 6.09 Å². The van der Waals surface area contributed by atoms with Crippen molar-refractivity contribution in [3.63, 3.8) is 0 Å². The second kappa shape index (κ2) is 6.73. The van der Waals surface area contributed by atoms with Crippen LogP contribution >= 0.6 is 0 Å². The number of aromatic nitrogens is 1. The molecule has 124 valence electrons. The maximum absolute atomic E-state index is 12.1. The number of nitrogens with one attached hydrogen (secondary N) is 2. The SMILES string of the molecule is CC1(CNCc2cc[nH]c2)CCN(C(=O)OC(C)(C)C)CC1. The van der Waals surface area contributed by atoms with Gasteiger partial charge in [-0.3, -0.25) is 0 Å². The number of likely N-dealkylation sites (tertiary alicyclic amines) is 1. The summed E-state index contributed by atoms with van der Waals surface area (Å²) in [5, 5.41) is 3.53. The van der Waals surface area contributed by atoms with Crippen molar-refractivity contribution < 1.29 is 9.53 Å². The van der Waals surface area contributed by atoms with Gasteiger partial charge in [0.05, 0.1) is 0 Å². The highest BCUT2D eigenvalue weighted by Gasteiger charge is 2.33. The second-order valence-electron chi connectivity index (χ2n) is 7.60. The van der Waals surface area contributed by atoms with Crippen molar-refractivity contribution in [2.24, 2.45) is 5.41 Å². The van der Waals surface area contributed by atoms with E-state index in [4.69, 9.17) is 4.74 Å². The molecule has 1 aromatic rings.